The zero-order chi connectivity index (χ0) is 15.5. The minimum atomic E-state index is -0.473. The lowest BCUT2D eigenvalue weighted by Gasteiger charge is -2.20. The van der Waals surface area contributed by atoms with Crippen LogP contribution in [0.5, 0.6) is 0 Å². The highest BCUT2D eigenvalue weighted by atomic mass is 32.2. The van der Waals surface area contributed by atoms with Gasteiger partial charge in [0.25, 0.3) is 5.69 Å². The van der Waals surface area contributed by atoms with Crippen LogP contribution in [0.25, 0.3) is 0 Å². The Hall–Kier alpha value is -1.87. The topological polar surface area (TPSA) is 100 Å². The molecule has 0 saturated carbocycles. The van der Waals surface area contributed by atoms with Crippen molar-refractivity contribution in [3.63, 3.8) is 0 Å². The van der Waals surface area contributed by atoms with Crippen LogP contribution in [-0.4, -0.2) is 57.5 Å². The van der Waals surface area contributed by atoms with Gasteiger partial charge in [-0.2, -0.15) is 0 Å². The van der Waals surface area contributed by atoms with Crippen LogP contribution in [0, 0.1) is 10.1 Å². The lowest BCUT2D eigenvalue weighted by atomic mass is 10.2. The highest BCUT2D eigenvalue weighted by Crippen LogP contribution is 2.19. The molecule has 0 aliphatic carbocycles. The van der Waals surface area contributed by atoms with Gasteiger partial charge in [-0.15, -0.1) is 11.8 Å². The molecule has 118 valence electrons. The first-order chi connectivity index (χ1) is 10.6. The van der Waals surface area contributed by atoms with Gasteiger partial charge in [0.2, 0.25) is 5.91 Å². The van der Waals surface area contributed by atoms with E-state index >= 15 is 0 Å². The van der Waals surface area contributed by atoms with Gasteiger partial charge in [-0.1, -0.05) is 0 Å². The van der Waals surface area contributed by atoms with Gasteiger partial charge in [0.15, 0.2) is 0 Å². The third-order valence-corrected chi connectivity index (χ3v) is 4.76. The number of carbonyl (C=O) groups is 1. The van der Waals surface area contributed by atoms with Crippen molar-refractivity contribution in [1.82, 2.24) is 15.2 Å². The minimum absolute atomic E-state index is 0.0291. The first-order valence-electron chi connectivity index (χ1n) is 7.10. The summed E-state index contributed by atoms with van der Waals surface area (Å²) in [6.45, 7) is 1.37. The van der Waals surface area contributed by atoms with Gasteiger partial charge < -0.3 is 10.2 Å². The van der Waals surface area contributed by atoms with Crippen LogP contribution in [0.1, 0.15) is 6.42 Å². The zero-order valence-electron chi connectivity index (χ0n) is 11.9. The highest BCUT2D eigenvalue weighted by Gasteiger charge is 2.32. The monoisotopic (exact) mass is 323 g/mol. The number of aromatic nitrogens is 1. The molecule has 2 unspecified atom stereocenters. The van der Waals surface area contributed by atoms with Gasteiger partial charge in [-0.05, 0) is 12.5 Å². The zero-order valence-corrected chi connectivity index (χ0v) is 12.7. The fraction of sp³-hybridized carbons (Fsp3) is 0.538. The normalized spacial score (nSPS) is 24.5. The molecule has 2 saturated heterocycles. The van der Waals surface area contributed by atoms with Crippen molar-refractivity contribution in [3.8, 4) is 0 Å². The number of thioether (sulfide) groups is 1. The van der Waals surface area contributed by atoms with Gasteiger partial charge in [0, 0.05) is 36.8 Å². The molecule has 3 rings (SSSR count). The van der Waals surface area contributed by atoms with Gasteiger partial charge >= 0.3 is 0 Å². The molecule has 2 fully saturated rings. The second kappa shape index (κ2) is 6.49. The van der Waals surface area contributed by atoms with Crippen molar-refractivity contribution in [2.24, 2.45) is 0 Å². The Balaban J connectivity index is 1.54. The van der Waals surface area contributed by atoms with E-state index in [1.54, 1.807) is 17.8 Å². The van der Waals surface area contributed by atoms with E-state index in [1.165, 1.54) is 12.3 Å². The molecule has 8 nitrogen and oxygen atoms in total. The Morgan fingerprint density at radius 3 is 3.05 bits per heavy atom. The molecule has 2 N–H and O–H groups in total. The summed E-state index contributed by atoms with van der Waals surface area (Å²) < 4.78 is 0. The third kappa shape index (κ3) is 3.30. The van der Waals surface area contributed by atoms with Gasteiger partial charge in [-0.3, -0.25) is 20.2 Å². The van der Waals surface area contributed by atoms with E-state index < -0.39 is 4.92 Å². The molecule has 1 aromatic heterocycles. The maximum Gasteiger partial charge on any atom is 0.287 e. The highest BCUT2D eigenvalue weighted by molar-refractivity contribution is 7.99. The standard InChI is InChI=1S/C13H17N5O3S/c19-13(11-7-22-8-15-11)17-4-3-9(6-17)16-12-2-1-10(5-14-12)18(20)21/h1-2,5,9,11,15H,3-4,6-8H2,(H,14,16). The van der Waals surface area contributed by atoms with Crippen molar-refractivity contribution >= 4 is 29.2 Å². The van der Waals surface area contributed by atoms with E-state index in [0.29, 0.717) is 12.4 Å². The number of nitro groups is 1. The number of pyridine rings is 1. The van der Waals surface area contributed by atoms with Crippen LogP contribution in [0.4, 0.5) is 11.5 Å². The summed E-state index contributed by atoms with van der Waals surface area (Å²) in [4.78, 5) is 28.3. The number of hydrogen-bond acceptors (Lipinski definition) is 7. The first kappa shape index (κ1) is 15.0. The van der Waals surface area contributed by atoms with E-state index in [0.717, 1.165) is 24.6 Å². The fourth-order valence-electron chi connectivity index (χ4n) is 2.64. The quantitative estimate of drug-likeness (QED) is 0.620. The number of nitrogens with zero attached hydrogens (tertiary/aromatic N) is 3. The number of carbonyl (C=O) groups excluding carboxylic acids is 1. The summed E-state index contributed by atoms with van der Waals surface area (Å²) in [6.07, 6.45) is 2.09. The SMILES string of the molecule is O=C(C1CSCN1)N1CCC(Nc2ccc([N+](=O)[O-])cn2)C1. The van der Waals surface area contributed by atoms with Crippen LogP contribution >= 0.6 is 11.8 Å². The largest absolute Gasteiger partial charge is 0.365 e. The van der Waals surface area contributed by atoms with Gasteiger partial charge in [-0.25, -0.2) is 4.98 Å². The van der Waals surface area contributed by atoms with Crippen LogP contribution in [0.15, 0.2) is 18.3 Å². The molecule has 9 heteroatoms. The molecule has 1 aromatic rings. The number of nitrogens with one attached hydrogen (secondary N) is 2. The molecule has 0 spiro atoms. The van der Waals surface area contributed by atoms with Crippen molar-refractivity contribution in [1.29, 1.82) is 0 Å². The van der Waals surface area contributed by atoms with E-state index in [4.69, 9.17) is 0 Å². The van der Waals surface area contributed by atoms with Crippen LogP contribution in [0.3, 0.4) is 0 Å². The molecule has 2 aliphatic heterocycles. The molecule has 0 aromatic carbocycles. The first-order valence-corrected chi connectivity index (χ1v) is 8.26. The van der Waals surface area contributed by atoms with E-state index in [9.17, 15) is 14.9 Å². The van der Waals surface area contributed by atoms with Crippen LogP contribution < -0.4 is 10.6 Å². The Labute approximate surface area is 131 Å². The molecule has 0 bridgehead atoms. The summed E-state index contributed by atoms with van der Waals surface area (Å²) in [6, 6.07) is 3.08. The second-order valence-electron chi connectivity index (χ2n) is 5.34. The number of anilines is 1. The fourth-order valence-corrected chi connectivity index (χ4v) is 3.57. The van der Waals surface area contributed by atoms with E-state index in [-0.39, 0.29) is 23.7 Å². The Bertz CT molecular complexity index is 561. The summed E-state index contributed by atoms with van der Waals surface area (Å²) in [5.41, 5.74) is -0.0291. The van der Waals surface area contributed by atoms with Crippen LogP contribution in [0.2, 0.25) is 0 Å². The van der Waals surface area contributed by atoms with Crippen LogP contribution in [-0.2, 0) is 4.79 Å². The molecule has 2 atom stereocenters. The maximum absolute atomic E-state index is 12.3. The van der Waals surface area contributed by atoms with E-state index in [1.807, 2.05) is 4.90 Å². The maximum atomic E-state index is 12.3. The second-order valence-corrected chi connectivity index (χ2v) is 6.38. The lowest BCUT2D eigenvalue weighted by Crippen LogP contribution is -2.44. The lowest BCUT2D eigenvalue weighted by molar-refractivity contribution is -0.385. The summed E-state index contributed by atoms with van der Waals surface area (Å²) in [5, 5.41) is 17.0. The molecule has 0 radical (unpaired) electrons. The molecular weight excluding hydrogens is 306 g/mol. The minimum Gasteiger partial charge on any atom is -0.365 e. The number of rotatable bonds is 4. The molecule has 1 amide bonds. The number of likely N-dealkylation sites (tertiary alicyclic amines) is 1. The number of amides is 1. The van der Waals surface area contributed by atoms with Crippen molar-refractivity contribution in [2.75, 3.05) is 30.0 Å². The summed E-state index contributed by atoms with van der Waals surface area (Å²) in [7, 11) is 0. The Kier molecular flexibility index (Phi) is 4.44. The Morgan fingerprint density at radius 2 is 2.41 bits per heavy atom. The van der Waals surface area contributed by atoms with Crippen molar-refractivity contribution < 1.29 is 9.72 Å². The summed E-state index contributed by atoms with van der Waals surface area (Å²) in [5.74, 6) is 2.42. The molecule has 22 heavy (non-hydrogen) atoms. The smallest absolute Gasteiger partial charge is 0.287 e. The van der Waals surface area contributed by atoms with Crippen molar-refractivity contribution in [3.05, 3.63) is 28.4 Å². The molecule has 2 aliphatic rings. The predicted molar refractivity (Wildman–Crippen MR) is 83.7 cm³/mol. The van der Waals surface area contributed by atoms with E-state index in [2.05, 4.69) is 15.6 Å². The average Bonchev–Trinajstić information content (AvgIpc) is 3.19. The summed E-state index contributed by atoms with van der Waals surface area (Å²) >= 11 is 1.74. The van der Waals surface area contributed by atoms with Gasteiger partial charge in [0.1, 0.15) is 12.0 Å². The molecule has 3 heterocycles. The Morgan fingerprint density at radius 1 is 1.55 bits per heavy atom. The molecular formula is C13H17N5O3S. The number of hydrogen-bond donors (Lipinski definition) is 2. The van der Waals surface area contributed by atoms with Gasteiger partial charge in [0.05, 0.1) is 11.0 Å². The third-order valence-electron chi connectivity index (χ3n) is 3.83. The average molecular weight is 323 g/mol. The predicted octanol–water partition coefficient (Wildman–Crippen LogP) is 0.665. The van der Waals surface area contributed by atoms with Crippen molar-refractivity contribution in [2.45, 2.75) is 18.5 Å².